The van der Waals surface area contributed by atoms with E-state index >= 15 is 0 Å². The van der Waals surface area contributed by atoms with Gasteiger partial charge in [0, 0.05) is 42.9 Å². The number of hydrogen-bond donors (Lipinski definition) is 1. The Balaban J connectivity index is 1.55. The lowest BCUT2D eigenvalue weighted by atomic mass is 10.1. The molecule has 0 radical (unpaired) electrons. The van der Waals surface area contributed by atoms with Crippen LogP contribution in [0, 0.1) is 0 Å². The van der Waals surface area contributed by atoms with Gasteiger partial charge in [0.15, 0.2) is 0 Å². The van der Waals surface area contributed by atoms with Crippen molar-refractivity contribution in [1.29, 1.82) is 0 Å². The molecule has 1 N–H and O–H groups in total. The Hall–Kier alpha value is -1.65. The van der Waals surface area contributed by atoms with Gasteiger partial charge >= 0.3 is 0 Å². The molecular formula is C18H23N3O. The zero-order valence-corrected chi connectivity index (χ0v) is 13.0. The van der Waals surface area contributed by atoms with E-state index in [9.17, 15) is 0 Å². The Morgan fingerprint density at radius 3 is 2.91 bits per heavy atom. The molecule has 0 spiro atoms. The third-order valence-corrected chi connectivity index (χ3v) is 4.75. The zero-order chi connectivity index (χ0) is 14.8. The Morgan fingerprint density at radius 2 is 2.00 bits per heavy atom. The van der Waals surface area contributed by atoms with E-state index in [-0.39, 0.29) is 0 Å². The van der Waals surface area contributed by atoms with Gasteiger partial charge in [0.05, 0.1) is 18.7 Å². The van der Waals surface area contributed by atoms with Crippen LogP contribution in [0.4, 0.5) is 5.69 Å². The van der Waals surface area contributed by atoms with Crippen LogP contribution in [0.5, 0.6) is 0 Å². The Morgan fingerprint density at radius 1 is 1.14 bits per heavy atom. The van der Waals surface area contributed by atoms with Crippen LogP contribution in [0.25, 0.3) is 10.9 Å². The van der Waals surface area contributed by atoms with Gasteiger partial charge in [-0.25, -0.2) is 0 Å². The first-order chi connectivity index (χ1) is 10.9. The van der Waals surface area contributed by atoms with Gasteiger partial charge < -0.3 is 10.1 Å². The van der Waals surface area contributed by atoms with Crippen LogP contribution in [0.3, 0.4) is 0 Å². The molecule has 4 heteroatoms. The molecule has 1 aromatic heterocycles. The minimum atomic E-state index is 0.869. The highest BCUT2D eigenvalue weighted by atomic mass is 16.5. The van der Waals surface area contributed by atoms with E-state index in [1.165, 1.54) is 28.8 Å². The maximum Gasteiger partial charge on any atom is 0.0726 e. The molecule has 116 valence electrons. The van der Waals surface area contributed by atoms with Crippen LogP contribution >= 0.6 is 0 Å². The number of benzene rings is 1. The van der Waals surface area contributed by atoms with Gasteiger partial charge in [0.25, 0.3) is 0 Å². The van der Waals surface area contributed by atoms with E-state index in [1.807, 2.05) is 0 Å². The van der Waals surface area contributed by atoms with Gasteiger partial charge in [-0.2, -0.15) is 0 Å². The molecular weight excluding hydrogens is 274 g/mol. The van der Waals surface area contributed by atoms with Crippen molar-refractivity contribution < 1.29 is 4.74 Å². The molecule has 1 fully saturated rings. The number of aryl methyl sites for hydroxylation is 1. The molecule has 22 heavy (non-hydrogen) atoms. The SMILES string of the molecule is c1ccc2c(NCCN3CCOCC3)c3c(nc2c1)CCC3. The minimum Gasteiger partial charge on any atom is -0.383 e. The van der Waals surface area contributed by atoms with Gasteiger partial charge in [0.1, 0.15) is 0 Å². The van der Waals surface area contributed by atoms with E-state index in [1.54, 1.807) is 0 Å². The molecule has 2 heterocycles. The van der Waals surface area contributed by atoms with Gasteiger partial charge in [-0.3, -0.25) is 9.88 Å². The molecule has 4 nitrogen and oxygen atoms in total. The van der Waals surface area contributed by atoms with Gasteiger partial charge in [-0.15, -0.1) is 0 Å². The summed E-state index contributed by atoms with van der Waals surface area (Å²) in [6, 6.07) is 8.51. The Bertz CT molecular complexity index is 665. The molecule has 1 aliphatic carbocycles. The molecule has 0 unspecified atom stereocenters. The predicted molar refractivity (Wildman–Crippen MR) is 89.5 cm³/mol. The summed E-state index contributed by atoms with van der Waals surface area (Å²) in [7, 11) is 0. The molecule has 0 amide bonds. The number of hydrogen-bond acceptors (Lipinski definition) is 4. The Labute approximate surface area is 131 Å². The summed E-state index contributed by atoms with van der Waals surface area (Å²) in [5.74, 6) is 0. The number of fused-ring (bicyclic) bond motifs is 2. The summed E-state index contributed by atoms with van der Waals surface area (Å²) in [4.78, 5) is 7.32. The topological polar surface area (TPSA) is 37.4 Å². The normalized spacial score (nSPS) is 18.5. The standard InChI is InChI=1S/C18H23N3O/c1-2-6-16-14(4-1)18(15-5-3-7-17(15)20-16)19-8-9-21-10-12-22-13-11-21/h1-2,4,6H,3,5,7-13H2,(H,19,20). The number of morpholine rings is 1. The lowest BCUT2D eigenvalue weighted by Crippen LogP contribution is -2.39. The number of pyridine rings is 1. The molecule has 1 aliphatic heterocycles. The molecule has 1 saturated heterocycles. The van der Waals surface area contributed by atoms with Crippen LogP contribution in [-0.4, -0.2) is 49.3 Å². The number of aromatic nitrogens is 1. The highest BCUT2D eigenvalue weighted by molar-refractivity contribution is 5.93. The number of anilines is 1. The molecule has 1 aromatic carbocycles. The number of ether oxygens (including phenoxy) is 1. The summed E-state index contributed by atoms with van der Waals surface area (Å²) in [5.41, 5.74) is 5.19. The molecule has 4 rings (SSSR count). The summed E-state index contributed by atoms with van der Waals surface area (Å²) >= 11 is 0. The van der Waals surface area contributed by atoms with Crippen molar-refractivity contribution in [2.24, 2.45) is 0 Å². The van der Waals surface area contributed by atoms with Crippen LogP contribution in [0.15, 0.2) is 24.3 Å². The van der Waals surface area contributed by atoms with Gasteiger partial charge in [-0.1, -0.05) is 18.2 Å². The predicted octanol–water partition coefficient (Wildman–Crippen LogP) is 2.47. The number of nitrogens with one attached hydrogen (secondary N) is 1. The Kier molecular flexibility index (Phi) is 3.95. The summed E-state index contributed by atoms with van der Waals surface area (Å²) in [6.45, 7) is 5.91. The average molecular weight is 297 g/mol. The molecule has 2 aliphatic rings. The van der Waals surface area contributed by atoms with Crippen molar-refractivity contribution in [3.05, 3.63) is 35.5 Å². The number of nitrogens with zero attached hydrogens (tertiary/aromatic N) is 2. The van der Waals surface area contributed by atoms with E-state index in [4.69, 9.17) is 9.72 Å². The number of rotatable bonds is 4. The first kappa shape index (κ1) is 14.0. The molecule has 2 aromatic rings. The molecule has 0 saturated carbocycles. The minimum absolute atomic E-state index is 0.869. The summed E-state index contributed by atoms with van der Waals surface area (Å²) in [6.07, 6.45) is 3.52. The fraction of sp³-hybridized carbons (Fsp3) is 0.500. The maximum absolute atomic E-state index is 5.41. The lowest BCUT2D eigenvalue weighted by Gasteiger charge is -2.27. The fourth-order valence-electron chi connectivity index (χ4n) is 3.58. The quantitative estimate of drug-likeness (QED) is 0.941. The van der Waals surface area contributed by atoms with E-state index < -0.39 is 0 Å². The van der Waals surface area contributed by atoms with Crippen molar-refractivity contribution in [2.45, 2.75) is 19.3 Å². The van der Waals surface area contributed by atoms with Crippen LogP contribution in [-0.2, 0) is 17.6 Å². The monoisotopic (exact) mass is 297 g/mol. The van der Waals surface area contributed by atoms with Crippen molar-refractivity contribution in [1.82, 2.24) is 9.88 Å². The largest absolute Gasteiger partial charge is 0.383 e. The fourth-order valence-corrected chi connectivity index (χ4v) is 3.58. The second-order valence-electron chi connectivity index (χ2n) is 6.16. The summed E-state index contributed by atoms with van der Waals surface area (Å²) in [5, 5.41) is 4.98. The third-order valence-electron chi connectivity index (χ3n) is 4.75. The van der Waals surface area contributed by atoms with Crippen LogP contribution < -0.4 is 5.32 Å². The summed E-state index contributed by atoms with van der Waals surface area (Å²) < 4.78 is 5.41. The van der Waals surface area contributed by atoms with Crippen molar-refractivity contribution >= 4 is 16.6 Å². The van der Waals surface area contributed by atoms with E-state index in [0.717, 1.165) is 57.8 Å². The smallest absolute Gasteiger partial charge is 0.0726 e. The van der Waals surface area contributed by atoms with Gasteiger partial charge in [0.2, 0.25) is 0 Å². The number of para-hydroxylation sites is 1. The first-order valence-electron chi connectivity index (χ1n) is 8.36. The third kappa shape index (κ3) is 2.69. The average Bonchev–Trinajstić information content (AvgIpc) is 3.03. The van der Waals surface area contributed by atoms with Crippen LogP contribution in [0.2, 0.25) is 0 Å². The van der Waals surface area contributed by atoms with E-state index in [2.05, 4.69) is 34.5 Å². The van der Waals surface area contributed by atoms with Gasteiger partial charge in [-0.05, 0) is 30.9 Å². The van der Waals surface area contributed by atoms with Crippen molar-refractivity contribution in [3.8, 4) is 0 Å². The zero-order valence-electron chi connectivity index (χ0n) is 13.0. The molecule has 0 atom stereocenters. The van der Waals surface area contributed by atoms with Crippen molar-refractivity contribution in [2.75, 3.05) is 44.7 Å². The lowest BCUT2D eigenvalue weighted by molar-refractivity contribution is 0.0398. The highest BCUT2D eigenvalue weighted by Gasteiger charge is 2.19. The second kappa shape index (κ2) is 6.23. The maximum atomic E-state index is 5.41. The molecule has 0 bridgehead atoms. The van der Waals surface area contributed by atoms with E-state index in [0.29, 0.717) is 0 Å². The highest BCUT2D eigenvalue weighted by Crippen LogP contribution is 2.33. The second-order valence-corrected chi connectivity index (χ2v) is 6.16. The van der Waals surface area contributed by atoms with Crippen LogP contribution in [0.1, 0.15) is 17.7 Å². The van der Waals surface area contributed by atoms with Crippen molar-refractivity contribution in [3.63, 3.8) is 0 Å². The first-order valence-corrected chi connectivity index (χ1v) is 8.36.